The zero-order valence-corrected chi connectivity index (χ0v) is 9.54. The molecule has 1 aromatic carbocycles. The number of nitrogens with two attached hydrogens (primary N) is 1. The highest BCUT2D eigenvalue weighted by Crippen LogP contribution is 2.36. The lowest BCUT2D eigenvalue weighted by Gasteiger charge is -2.10. The molecule has 0 aromatic heterocycles. The van der Waals surface area contributed by atoms with Crippen molar-refractivity contribution >= 4 is 11.4 Å². The van der Waals surface area contributed by atoms with E-state index < -0.39 is 4.92 Å². The van der Waals surface area contributed by atoms with E-state index in [0.29, 0.717) is 0 Å². The maximum absolute atomic E-state index is 10.8. The van der Waals surface area contributed by atoms with E-state index in [1.165, 1.54) is 6.07 Å². The Morgan fingerprint density at radius 3 is 2.22 bits per heavy atom. The van der Waals surface area contributed by atoms with Crippen LogP contribution in [-0.2, 0) is 0 Å². The lowest BCUT2D eigenvalue weighted by molar-refractivity contribution is -0.385. The third-order valence-electron chi connectivity index (χ3n) is 1.99. The summed E-state index contributed by atoms with van der Waals surface area (Å²) < 4.78 is 10.1. The van der Waals surface area contributed by atoms with Crippen molar-refractivity contribution in [1.29, 1.82) is 0 Å². The van der Waals surface area contributed by atoms with E-state index in [0.717, 1.165) is 6.07 Å². The number of nitro groups is 1. The van der Waals surface area contributed by atoms with Gasteiger partial charge in [-0.3, -0.25) is 10.1 Å². The summed E-state index contributed by atoms with van der Waals surface area (Å²) in [5.41, 5.74) is 5.47. The van der Waals surface area contributed by atoms with Gasteiger partial charge in [-0.25, -0.2) is 0 Å². The molecule has 0 unspecified atom stereocenters. The molecule has 0 saturated carbocycles. The maximum atomic E-state index is 10.8. The van der Waals surface area contributed by atoms with Crippen LogP contribution in [0.3, 0.4) is 0 Å². The zero-order chi connectivity index (χ0) is 13.5. The first-order valence-electron chi connectivity index (χ1n) is 5.15. The van der Waals surface area contributed by atoms with Crippen LogP contribution in [0.5, 0.6) is 11.5 Å². The second-order valence-corrected chi connectivity index (χ2v) is 3.26. The van der Waals surface area contributed by atoms with Gasteiger partial charge in [-0.2, -0.15) is 0 Å². The molecule has 8 nitrogen and oxygen atoms in total. The molecule has 1 rings (SSSR count). The molecule has 0 aliphatic carbocycles. The Balaban J connectivity index is 3.04. The highest BCUT2D eigenvalue weighted by atomic mass is 16.6. The molecule has 1 aromatic rings. The van der Waals surface area contributed by atoms with E-state index in [1.807, 2.05) is 0 Å². The van der Waals surface area contributed by atoms with Crippen molar-refractivity contribution in [2.24, 2.45) is 0 Å². The summed E-state index contributed by atoms with van der Waals surface area (Å²) >= 11 is 0. The summed E-state index contributed by atoms with van der Waals surface area (Å²) in [6, 6.07) is 2.37. The Kier molecular flexibility index (Phi) is 5.15. The van der Waals surface area contributed by atoms with Crippen LogP contribution < -0.4 is 15.2 Å². The molecule has 0 aliphatic heterocycles. The van der Waals surface area contributed by atoms with Crippen LogP contribution in [0.1, 0.15) is 0 Å². The zero-order valence-electron chi connectivity index (χ0n) is 9.54. The van der Waals surface area contributed by atoms with Gasteiger partial charge in [0.25, 0.3) is 0 Å². The van der Waals surface area contributed by atoms with Crippen LogP contribution in [0.2, 0.25) is 0 Å². The van der Waals surface area contributed by atoms with Gasteiger partial charge in [-0.1, -0.05) is 0 Å². The lowest BCUT2D eigenvalue weighted by Crippen LogP contribution is -2.07. The fourth-order valence-electron chi connectivity index (χ4n) is 1.26. The van der Waals surface area contributed by atoms with Crippen molar-refractivity contribution in [2.45, 2.75) is 0 Å². The molecule has 0 heterocycles. The van der Waals surface area contributed by atoms with E-state index in [2.05, 4.69) is 0 Å². The molecular weight excluding hydrogens is 244 g/mol. The maximum Gasteiger partial charge on any atom is 0.314 e. The molecule has 18 heavy (non-hydrogen) atoms. The van der Waals surface area contributed by atoms with E-state index in [4.69, 9.17) is 25.4 Å². The Hall–Kier alpha value is -2.06. The summed E-state index contributed by atoms with van der Waals surface area (Å²) in [6.45, 7) is -0.578. The van der Waals surface area contributed by atoms with Gasteiger partial charge < -0.3 is 25.4 Å². The highest BCUT2D eigenvalue weighted by Gasteiger charge is 2.19. The first kappa shape index (κ1) is 14.0. The van der Waals surface area contributed by atoms with Gasteiger partial charge in [-0.15, -0.1) is 0 Å². The number of nitrogens with zero attached hydrogens (tertiary/aromatic N) is 1. The molecule has 0 bridgehead atoms. The average molecular weight is 258 g/mol. The summed E-state index contributed by atoms with van der Waals surface area (Å²) in [7, 11) is 0. The molecule has 4 N–H and O–H groups in total. The largest absolute Gasteiger partial charge is 0.489 e. The Labute approximate surface area is 103 Å². The third kappa shape index (κ3) is 3.47. The minimum absolute atomic E-state index is 0.0157. The van der Waals surface area contributed by atoms with Crippen LogP contribution >= 0.6 is 0 Å². The first-order valence-corrected chi connectivity index (χ1v) is 5.15. The highest BCUT2D eigenvalue weighted by molar-refractivity contribution is 5.64. The molecule has 0 aliphatic rings. The molecule has 0 saturated heterocycles. The van der Waals surface area contributed by atoms with Gasteiger partial charge in [-0.05, 0) is 0 Å². The van der Waals surface area contributed by atoms with Crippen molar-refractivity contribution in [2.75, 3.05) is 32.2 Å². The van der Waals surface area contributed by atoms with Gasteiger partial charge in [0.15, 0.2) is 5.75 Å². The normalized spacial score (nSPS) is 10.1. The molecule has 0 atom stereocenters. The summed E-state index contributed by atoms with van der Waals surface area (Å²) in [4.78, 5) is 10.2. The minimum Gasteiger partial charge on any atom is -0.489 e. The van der Waals surface area contributed by atoms with Crippen molar-refractivity contribution in [3.05, 3.63) is 22.2 Å². The van der Waals surface area contributed by atoms with Crippen LogP contribution in [0, 0.1) is 10.1 Å². The number of rotatable bonds is 7. The Morgan fingerprint density at radius 2 is 1.72 bits per heavy atom. The van der Waals surface area contributed by atoms with Crippen molar-refractivity contribution in [1.82, 2.24) is 0 Å². The molecule has 0 amide bonds. The lowest BCUT2D eigenvalue weighted by atomic mass is 10.2. The molecule has 0 radical (unpaired) electrons. The Bertz CT molecular complexity index is 423. The smallest absolute Gasteiger partial charge is 0.314 e. The van der Waals surface area contributed by atoms with Gasteiger partial charge in [0.1, 0.15) is 19.0 Å². The quantitative estimate of drug-likeness (QED) is 0.354. The van der Waals surface area contributed by atoms with Crippen molar-refractivity contribution in [3.63, 3.8) is 0 Å². The number of aliphatic hydroxyl groups is 2. The summed E-state index contributed by atoms with van der Waals surface area (Å²) in [6.07, 6.45) is 0. The van der Waals surface area contributed by atoms with Crippen molar-refractivity contribution in [3.8, 4) is 11.5 Å². The number of hydrogen-bond acceptors (Lipinski definition) is 7. The van der Waals surface area contributed by atoms with E-state index in [1.54, 1.807) is 0 Å². The fraction of sp³-hybridized carbons (Fsp3) is 0.400. The number of benzene rings is 1. The second kappa shape index (κ2) is 6.62. The number of aliphatic hydroxyl groups excluding tert-OH is 2. The first-order chi connectivity index (χ1) is 8.60. The molecular formula is C10H14N2O6. The second-order valence-electron chi connectivity index (χ2n) is 3.26. The number of hydrogen-bond donors (Lipinski definition) is 3. The summed E-state index contributed by atoms with van der Waals surface area (Å²) in [5.74, 6) is 0.0648. The van der Waals surface area contributed by atoms with Crippen LogP contribution in [0.25, 0.3) is 0 Å². The van der Waals surface area contributed by atoms with Crippen LogP contribution in [0.4, 0.5) is 11.4 Å². The predicted octanol–water partition coefficient (Wildman–Crippen LogP) is -0.0808. The minimum atomic E-state index is -0.641. The number of ether oxygens (including phenoxy) is 2. The Morgan fingerprint density at radius 1 is 1.17 bits per heavy atom. The molecule has 0 spiro atoms. The SMILES string of the molecule is Nc1cc(OCCO)c([N+](=O)[O-])cc1OCCO. The van der Waals surface area contributed by atoms with Gasteiger partial charge in [0.2, 0.25) is 0 Å². The van der Waals surface area contributed by atoms with Crippen LogP contribution in [-0.4, -0.2) is 41.6 Å². The van der Waals surface area contributed by atoms with Gasteiger partial charge >= 0.3 is 5.69 Å². The number of nitrogen functional groups attached to an aromatic ring is 1. The van der Waals surface area contributed by atoms with E-state index in [-0.39, 0.29) is 49.3 Å². The topological polar surface area (TPSA) is 128 Å². The van der Waals surface area contributed by atoms with Crippen LogP contribution in [0.15, 0.2) is 12.1 Å². The van der Waals surface area contributed by atoms with Gasteiger partial charge in [0.05, 0.1) is 29.9 Å². The van der Waals surface area contributed by atoms with Crippen molar-refractivity contribution < 1.29 is 24.6 Å². The molecule has 100 valence electrons. The summed E-state index contributed by atoms with van der Waals surface area (Å²) in [5, 5.41) is 28.1. The average Bonchev–Trinajstić information content (AvgIpc) is 2.34. The molecule has 8 heteroatoms. The van der Waals surface area contributed by atoms with E-state index in [9.17, 15) is 10.1 Å². The predicted molar refractivity (Wildman–Crippen MR) is 62.7 cm³/mol. The third-order valence-corrected chi connectivity index (χ3v) is 1.99. The number of nitro benzene ring substituents is 1. The number of anilines is 1. The fourth-order valence-corrected chi connectivity index (χ4v) is 1.26. The molecule has 0 fully saturated rings. The van der Waals surface area contributed by atoms with E-state index >= 15 is 0 Å². The van der Waals surface area contributed by atoms with Gasteiger partial charge in [0, 0.05) is 6.07 Å². The standard InChI is InChI=1S/C10H14N2O6/c11-7-5-10(18-4-2-14)8(12(15)16)6-9(7)17-3-1-13/h5-6,13-14H,1-4,11H2. The monoisotopic (exact) mass is 258 g/mol.